The van der Waals surface area contributed by atoms with Gasteiger partial charge in [-0.25, -0.2) is 0 Å². The Hall–Kier alpha value is -1.11. The first-order valence-corrected chi connectivity index (χ1v) is 12.7. The molecule has 1 rings (SSSR count). The van der Waals surface area contributed by atoms with Crippen molar-refractivity contribution in [2.45, 2.75) is 117 Å². The first-order valence-electron chi connectivity index (χ1n) is 12.7. The zero-order valence-electron chi connectivity index (χ0n) is 19.5. The van der Waals surface area contributed by atoms with Crippen molar-refractivity contribution in [3.05, 3.63) is 37.0 Å². The third-order valence-electron chi connectivity index (χ3n) is 6.71. The van der Waals surface area contributed by atoms with E-state index in [-0.39, 0.29) is 0 Å². The highest BCUT2D eigenvalue weighted by Crippen LogP contribution is 2.43. The molecule has 3 atom stereocenters. The fourth-order valence-electron chi connectivity index (χ4n) is 5.08. The highest BCUT2D eigenvalue weighted by Gasteiger charge is 2.33. The van der Waals surface area contributed by atoms with Gasteiger partial charge in [0.25, 0.3) is 0 Å². The van der Waals surface area contributed by atoms with Gasteiger partial charge in [-0.05, 0) is 62.4 Å². The summed E-state index contributed by atoms with van der Waals surface area (Å²) in [5, 5.41) is 0. The Balaban J connectivity index is 2.59. The van der Waals surface area contributed by atoms with E-state index in [1.54, 1.807) is 0 Å². The minimum Gasteiger partial charge on any atom is -0.295 e. The minimum atomic E-state index is 0.374. The van der Waals surface area contributed by atoms with Gasteiger partial charge in [-0.1, -0.05) is 103 Å². The average Bonchev–Trinajstić information content (AvgIpc) is 3.18. The number of ketones is 1. The van der Waals surface area contributed by atoms with Crippen LogP contribution in [0.4, 0.5) is 0 Å². The first-order chi connectivity index (χ1) is 14.2. The molecule has 1 saturated carbocycles. The van der Waals surface area contributed by atoms with Gasteiger partial charge in [0.1, 0.15) is 0 Å². The SMILES string of the molecule is C=CC=CCCC[C@H]1CCC[C@@H]1C(CCCCCCC)CC(=O)C=CCCCC. The number of carbonyl (C=O) groups is 1. The molecule has 166 valence electrons. The summed E-state index contributed by atoms with van der Waals surface area (Å²) in [7, 11) is 0. The van der Waals surface area contributed by atoms with E-state index in [0.29, 0.717) is 11.7 Å². The second-order valence-electron chi connectivity index (χ2n) is 9.13. The molecule has 0 N–H and O–H groups in total. The Labute approximate surface area is 182 Å². The maximum Gasteiger partial charge on any atom is 0.155 e. The highest BCUT2D eigenvalue weighted by atomic mass is 16.1. The molecule has 0 saturated heterocycles. The molecule has 29 heavy (non-hydrogen) atoms. The second-order valence-corrected chi connectivity index (χ2v) is 9.13. The predicted molar refractivity (Wildman–Crippen MR) is 129 cm³/mol. The molecule has 0 aromatic rings. The lowest BCUT2D eigenvalue weighted by Crippen LogP contribution is -2.22. The third kappa shape index (κ3) is 12.2. The lowest BCUT2D eigenvalue weighted by molar-refractivity contribution is -0.116. The molecule has 0 radical (unpaired) electrons. The van der Waals surface area contributed by atoms with Crippen LogP contribution in [0.15, 0.2) is 37.0 Å². The number of hydrogen-bond acceptors (Lipinski definition) is 1. The summed E-state index contributed by atoms with van der Waals surface area (Å²) >= 11 is 0. The molecule has 0 amide bonds. The second kappa shape index (κ2) is 17.7. The molecule has 1 aliphatic rings. The van der Waals surface area contributed by atoms with Crippen LogP contribution in [-0.4, -0.2) is 5.78 Å². The predicted octanol–water partition coefficient (Wildman–Crippen LogP) is 9.00. The number of unbranched alkanes of at least 4 members (excludes halogenated alkanes) is 7. The van der Waals surface area contributed by atoms with Crippen molar-refractivity contribution in [1.29, 1.82) is 0 Å². The highest BCUT2D eigenvalue weighted by molar-refractivity contribution is 5.89. The summed E-state index contributed by atoms with van der Waals surface area (Å²) in [6, 6.07) is 0. The van der Waals surface area contributed by atoms with Crippen molar-refractivity contribution in [2.75, 3.05) is 0 Å². The van der Waals surface area contributed by atoms with E-state index in [9.17, 15) is 4.79 Å². The van der Waals surface area contributed by atoms with Gasteiger partial charge in [-0.3, -0.25) is 4.79 Å². The summed E-state index contributed by atoms with van der Waals surface area (Å²) in [5.74, 6) is 2.59. The topological polar surface area (TPSA) is 17.1 Å². The van der Waals surface area contributed by atoms with Crippen molar-refractivity contribution in [1.82, 2.24) is 0 Å². The van der Waals surface area contributed by atoms with Crippen molar-refractivity contribution < 1.29 is 4.79 Å². The third-order valence-corrected chi connectivity index (χ3v) is 6.71. The van der Waals surface area contributed by atoms with E-state index in [1.165, 1.54) is 83.5 Å². The molecule has 0 aliphatic heterocycles. The number of allylic oxidation sites excluding steroid dienone is 5. The normalized spacial score (nSPS) is 20.6. The molecular formula is C28H48O. The Morgan fingerprint density at radius 1 is 0.966 bits per heavy atom. The molecule has 0 aromatic heterocycles. The molecule has 0 aromatic carbocycles. The van der Waals surface area contributed by atoms with Gasteiger partial charge in [0, 0.05) is 6.42 Å². The van der Waals surface area contributed by atoms with Crippen LogP contribution in [0.5, 0.6) is 0 Å². The maximum absolute atomic E-state index is 12.6. The Kier molecular flexibility index (Phi) is 15.8. The summed E-state index contributed by atoms with van der Waals surface area (Å²) < 4.78 is 0. The first kappa shape index (κ1) is 25.9. The van der Waals surface area contributed by atoms with Gasteiger partial charge in [0.15, 0.2) is 5.78 Å². The molecule has 1 aliphatic carbocycles. The van der Waals surface area contributed by atoms with Crippen LogP contribution in [0.3, 0.4) is 0 Å². The summed E-state index contributed by atoms with van der Waals surface area (Å²) in [6.07, 6.45) is 30.2. The van der Waals surface area contributed by atoms with E-state index >= 15 is 0 Å². The van der Waals surface area contributed by atoms with Crippen molar-refractivity contribution in [3.63, 3.8) is 0 Å². The number of hydrogen-bond donors (Lipinski definition) is 0. The summed E-state index contributed by atoms with van der Waals surface area (Å²) in [6.45, 7) is 8.24. The van der Waals surface area contributed by atoms with Crippen LogP contribution in [-0.2, 0) is 4.79 Å². The smallest absolute Gasteiger partial charge is 0.155 e. The standard InChI is InChI=1S/C28H48O/c1-4-7-10-13-15-19-25-21-18-23-28(25)26(20-16-14-11-8-5-2)24-27(29)22-17-12-9-6-3/h4,7,10,17,22,25-26,28H,1,5-6,8-9,11-16,18-21,23-24H2,2-3H3/t25-,26?,28-/m0/s1. The molecule has 1 nitrogen and oxygen atoms in total. The lowest BCUT2D eigenvalue weighted by Gasteiger charge is -2.28. The van der Waals surface area contributed by atoms with E-state index < -0.39 is 0 Å². The van der Waals surface area contributed by atoms with Crippen LogP contribution in [0.1, 0.15) is 117 Å². The number of rotatable bonds is 18. The molecule has 1 heteroatoms. The van der Waals surface area contributed by atoms with E-state index in [4.69, 9.17) is 0 Å². The van der Waals surface area contributed by atoms with Crippen molar-refractivity contribution >= 4 is 5.78 Å². The van der Waals surface area contributed by atoms with E-state index in [2.05, 4.69) is 38.7 Å². The average molecular weight is 401 g/mol. The van der Waals surface area contributed by atoms with E-state index in [0.717, 1.165) is 31.1 Å². The fraction of sp³-hybridized carbons (Fsp3) is 0.750. The van der Waals surface area contributed by atoms with Crippen LogP contribution in [0, 0.1) is 17.8 Å². The molecule has 1 unspecified atom stereocenters. The van der Waals surface area contributed by atoms with Gasteiger partial charge in [-0.2, -0.15) is 0 Å². The monoisotopic (exact) mass is 400 g/mol. The van der Waals surface area contributed by atoms with Crippen LogP contribution in [0.25, 0.3) is 0 Å². The van der Waals surface area contributed by atoms with Crippen LogP contribution in [0.2, 0.25) is 0 Å². The Morgan fingerprint density at radius 3 is 2.48 bits per heavy atom. The fourth-order valence-corrected chi connectivity index (χ4v) is 5.08. The van der Waals surface area contributed by atoms with Gasteiger partial charge in [0.05, 0.1) is 0 Å². The van der Waals surface area contributed by atoms with Crippen LogP contribution < -0.4 is 0 Å². The number of carbonyl (C=O) groups excluding carboxylic acids is 1. The quantitative estimate of drug-likeness (QED) is 0.127. The maximum atomic E-state index is 12.6. The molecular weight excluding hydrogens is 352 g/mol. The van der Waals surface area contributed by atoms with Gasteiger partial charge in [-0.15, -0.1) is 0 Å². The van der Waals surface area contributed by atoms with Gasteiger partial charge >= 0.3 is 0 Å². The van der Waals surface area contributed by atoms with E-state index in [1.807, 2.05) is 12.2 Å². The molecule has 0 bridgehead atoms. The largest absolute Gasteiger partial charge is 0.295 e. The van der Waals surface area contributed by atoms with Gasteiger partial charge < -0.3 is 0 Å². The van der Waals surface area contributed by atoms with Crippen LogP contribution >= 0.6 is 0 Å². The van der Waals surface area contributed by atoms with Gasteiger partial charge in [0.2, 0.25) is 0 Å². The molecule has 0 heterocycles. The zero-order chi connectivity index (χ0) is 21.2. The summed E-state index contributed by atoms with van der Waals surface area (Å²) in [5.41, 5.74) is 0. The lowest BCUT2D eigenvalue weighted by atomic mass is 9.76. The molecule has 0 spiro atoms. The summed E-state index contributed by atoms with van der Waals surface area (Å²) in [4.78, 5) is 12.6. The van der Waals surface area contributed by atoms with Crippen molar-refractivity contribution in [3.8, 4) is 0 Å². The Morgan fingerprint density at radius 2 is 1.72 bits per heavy atom. The van der Waals surface area contributed by atoms with Crippen molar-refractivity contribution in [2.24, 2.45) is 17.8 Å². The zero-order valence-corrected chi connectivity index (χ0v) is 19.5. The Bertz CT molecular complexity index is 473. The minimum absolute atomic E-state index is 0.374. The molecule has 1 fully saturated rings.